The average Bonchev–Trinajstić information content (AvgIpc) is 2.87. The number of esters is 1. The number of urea groups is 1. The number of rotatable bonds is 3. The van der Waals surface area contributed by atoms with E-state index in [-0.39, 0.29) is 0 Å². The lowest BCUT2D eigenvalue weighted by Gasteiger charge is -2.21. The molecule has 0 aliphatic carbocycles. The number of halogens is 1. The minimum atomic E-state index is -1.12. The number of aromatic amines is 1. The molecule has 1 heterocycles. The van der Waals surface area contributed by atoms with Crippen molar-refractivity contribution < 1.29 is 19.1 Å². The zero-order valence-electron chi connectivity index (χ0n) is 14.4. The maximum atomic E-state index is 12.3. The van der Waals surface area contributed by atoms with Gasteiger partial charge in [-0.05, 0) is 45.9 Å². The van der Waals surface area contributed by atoms with Crippen molar-refractivity contribution in [2.75, 3.05) is 0 Å². The summed E-state index contributed by atoms with van der Waals surface area (Å²) in [6, 6.07) is 4.81. The van der Waals surface area contributed by atoms with Gasteiger partial charge in [-0.2, -0.15) is 0 Å². The molecular weight excluding hydrogens is 390 g/mol. The number of aromatic nitrogens is 1. The lowest BCUT2D eigenvalue weighted by atomic mass is 10.1. The number of carbonyl (C=O) groups excluding carboxylic acids is 3. The van der Waals surface area contributed by atoms with Crippen LogP contribution in [0, 0.1) is 0 Å². The summed E-state index contributed by atoms with van der Waals surface area (Å²) < 4.78 is 5.99. The molecule has 134 valence electrons. The molecule has 2 rings (SSSR count). The highest BCUT2D eigenvalue weighted by Crippen LogP contribution is 2.23. The van der Waals surface area contributed by atoms with Gasteiger partial charge in [-0.1, -0.05) is 15.9 Å². The van der Waals surface area contributed by atoms with Gasteiger partial charge in [0.25, 0.3) is 5.91 Å². The van der Waals surface area contributed by atoms with Crippen LogP contribution in [0.5, 0.6) is 0 Å². The van der Waals surface area contributed by atoms with Crippen molar-refractivity contribution in [3.05, 3.63) is 34.4 Å². The first-order valence-electron chi connectivity index (χ1n) is 7.67. The number of hydrogen-bond donors (Lipinski definition) is 3. The van der Waals surface area contributed by atoms with E-state index in [1.54, 1.807) is 26.8 Å². The summed E-state index contributed by atoms with van der Waals surface area (Å²) >= 11 is 3.35. The molecule has 0 saturated carbocycles. The Morgan fingerprint density at radius 1 is 1.24 bits per heavy atom. The Bertz CT molecular complexity index is 823. The lowest BCUT2D eigenvalue weighted by Crippen LogP contribution is -2.50. The summed E-state index contributed by atoms with van der Waals surface area (Å²) in [6.07, 6.45) is 0.409. The summed E-state index contributed by atoms with van der Waals surface area (Å²) in [4.78, 5) is 39.0. The van der Waals surface area contributed by atoms with Gasteiger partial charge < -0.3 is 15.0 Å². The fraction of sp³-hybridized carbons (Fsp3) is 0.353. The van der Waals surface area contributed by atoms with Gasteiger partial charge in [0.1, 0.15) is 0 Å². The minimum absolute atomic E-state index is 0.315. The van der Waals surface area contributed by atoms with Gasteiger partial charge in [0.15, 0.2) is 6.10 Å². The predicted molar refractivity (Wildman–Crippen MR) is 97.3 cm³/mol. The van der Waals surface area contributed by atoms with Crippen LogP contribution in [-0.4, -0.2) is 34.5 Å². The molecule has 0 saturated heterocycles. The summed E-state index contributed by atoms with van der Waals surface area (Å²) in [5, 5.41) is 5.42. The number of amides is 3. The minimum Gasteiger partial charge on any atom is -0.449 e. The maximum Gasteiger partial charge on any atom is 0.341 e. The number of hydrogen-bond acceptors (Lipinski definition) is 4. The summed E-state index contributed by atoms with van der Waals surface area (Å²) in [5.74, 6) is -1.35. The van der Waals surface area contributed by atoms with E-state index in [0.717, 1.165) is 9.99 Å². The van der Waals surface area contributed by atoms with Gasteiger partial charge in [0, 0.05) is 27.1 Å². The molecule has 1 aromatic heterocycles. The van der Waals surface area contributed by atoms with Crippen molar-refractivity contribution in [1.82, 2.24) is 15.6 Å². The second kappa shape index (κ2) is 7.26. The fourth-order valence-electron chi connectivity index (χ4n) is 2.12. The quantitative estimate of drug-likeness (QED) is 0.677. The molecule has 1 atom stereocenters. The van der Waals surface area contributed by atoms with Crippen LogP contribution in [0.25, 0.3) is 10.9 Å². The Kier molecular flexibility index (Phi) is 5.52. The lowest BCUT2D eigenvalue weighted by molar-refractivity contribution is -0.127. The monoisotopic (exact) mass is 409 g/mol. The molecule has 3 amide bonds. The summed E-state index contributed by atoms with van der Waals surface area (Å²) in [6.45, 7) is 6.77. The molecule has 25 heavy (non-hydrogen) atoms. The highest BCUT2D eigenvalue weighted by molar-refractivity contribution is 9.10. The van der Waals surface area contributed by atoms with Gasteiger partial charge in [-0.25, -0.2) is 9.59 Å². The van der Waals surface area contributed by atoms with E-state index >= 15 is 0 Å². The van der Waals surface area contributed by atoms with E-state index in [1.807, 2.05) is 12.1 Å². The molecular formula is C17H20BrN3O4. The Hall–Kier alpha value is -2.35. The molecule has 0 spiro atoms. The van der Waals surface area contributed by atoms with E-state index in [2.05, 4.69) is 31.5 Å². The van der Waals surface area contributed by atoms with Crippen molar-refractivity contribution in [3.8, 4) is 0 Å². The third-order valence-electron chi connectivity index (χ3n) is 3.24. The third-order valence-corrected chi connectivity index (χ3v) is 3.74. The maximum absolute atomic E-state index is 12.3. The van der Waals surface area contributed by atoms with Crippen LogP contribution in [0.1, 0.15) is 38.1 Å². The van der Waals surface area contributed by atoms with E-state index in [0.29, 0.717) is 10.9 Å². The van der Waals surface area contributed by atoms with Crippen molar-refractivity contribution in [2.45, 2.75) is 39.3 Å². The molecule has 0 radical (unpaired) electrons. The average molecular weight is 410 g/mol. The van der Waals surface area contributed by atoms with Gasteiger partial charge in [-0.15, -0.1) is 0 Å². The largest absolute Gasteiger partial charge is 0.449 e. The Morgan fingerprint density at radius 2 is 1.92 bits per heavy atom. The number of fused-ring (bicyclic) bond motifs is 1. The van der Waals surface area contributed by atoms with Crippen molar-refractivity contribution >= 4 is 44.7 Å². The Labute approximate surface area is 153 Å². The number of ether oxygens (including phenoxy) is 1. The highest BCUT2D eigenvalue weighted by Gasteiger charge is 2.24. The molecule has 1 aromatic carbocycles. The van der Waals surface area contributed by atoms with E-state index in [4.69, 9.17) is 4.74 Å². The number of nitrogens with one attached hydrogen (secondary N) is 3. The van der Waals surface area contributed by atoms with Gasteiger partial charge >= 0.3 is 12.0 Å². The number of imide groups is 1. The number of benzene rings is 1. The number of carbonyl (C=O) groups is 3. The molecule has 8 heteroatoms. The second-order valence-corrected chi connectivity index (χ2v) is 7.55. The first-order chi connectivity index (χ1) is 11.6. The van der Waals surface area contributed by atoms with Crippen LogP contribution in [-0.2, 0) is 9.53 Å². The van der Waals surface area contributed by atoms with E-state index in [9.17, 15) is 14.4 Å². The fourth-order valence-corrected chi connectivity index (χ4v) is 2.49. The van der Waals surface area contributed by atoms with Crippen LogP contribution >= 0.6 is 15.9 Å². The molecule has 3 N–H and O–H groups in total. The van der Waals surface area contributed by atoms with Gasteiger partial charge in [-0.3, -0.25) is 10.1 Å². The zero-order chi connectivity index (χ0) is 18.8. The Balaban J connectivity index is 2.02. The van der Waals surface area contributed by atoms with Crippen molar-refractivity contribution in [2.24, 2.45) is 0 Å². The first kappa shape index (κ1) is 19.0. The van der Waals surface area contributed by atoms with Crippen molar-refractivity contribution in [3.63, 3.8) is 0 Å². The first-order valence-corrected chi connectivity index (χ1v) is 8.47. The van der Waals surface area contributed by atoms with Gasteiger partial charge in [0.05, 0.1) is 5.56 Å². The molecule has 0 aliphatic heterocycles. The van der Waals surface area contributed by atoms with E-state index in [1.165, 1.54) is 13.1 Å². The highest BCUT2D eigenvalue weighted by atomic mass is 79.9. The van der Waals surface area contributed by atoms with Gasteiger partial charge in [0.2, 0.25) is 0 Å². The zero-order valence-corrected chi connectivity index (χ0v) is 16.0. The summed E-state index contributed by atoms with van der Waals surface area (Å²) in [5.41, 5.74) is 0.605. The molecule has 1 unspecified atom stereocenters. The van der Waals surface area contributed by atoms with Crippen molar-refractivity contribution in [1.29, 1.82) is 0 Å². The van der Waals surface area contributed by atoms with Crippen LogP contribution in [0.2, 0.25) is 0 Å². The van der Waals surface area contributed by atoms with Crippen LogP contribution in [0.4, 0.5) is 4.79 Å². The normalized spacial score (nSPS) is 12.5. The van der Waals surface area contributed by atoms with Crippen LogP contribution in [0.15, 0.2) is 28.9 Å². The van der Waals surface area contributed by atoms with Crippen LogP contribution in [0.3, 0.4) is 0 Å². The molecule has 0 fully saturated rings. The Morgan fingerprint density at radius 3 is 2.56 bits per heavy atom. The summed E-state index contributed by atoms with van der Waals surface area (Å²) in [7, 11) is 0. The van der Waals surface area contributed by atoms with Crippen LogP contribution < -0.4 is 10.6 Å². The standard InChI is InChI=1S/C17H20BrN3O4/c1-9(14(22)20-16(24)21-17(2,3)4)25-15(23)12-8-19-13-6-5-10(18)7-11(12)13/h5-9,19H,1-4H3,(H2,20,21,22,24). The predicted octanol–water partition coefficient (Wildman–Crippen LogP) is 3.10. The number of H-pyrrole nitrogens is 1. The molecule has 7 nitrogen and oxygen atoms in total. The second-order valence-electron chi connectivity index (χ2n) is 6.63. The topological polar surface area (TPSA) is 100 Å². The molecule has 0 bridgehead atoms. The van der Waals surface area contributed by atoms with E-state index < -0.39 is 29.6 Å². The SMILES string of the molecule is CC(OC(=O)c1c[nH]c2ccc(Br)cc12)C(=O)NC(=O)NC(C)(C)C. The third kappa shape index (κ3) is 5.06. The molecule has 0 aliphatic rings. The smallest absolute Gasteiger partial charge is 0.341 e. The molecule has 2 aromatic rings.